The maximum absolute atomic E-state index is 11.6. The van der Waals surface area contributed by atoms with Crippen LogP contribution in [0, 0.1) is 0 Å². The van der Waals surface area contributed by atoms with Gasteiger partial charge in [-0.1, -0.05) is 30.3 Å². The maximum Gasteiger partial charge on any atom is 0.345 e. The third-order valence-electron chi connectivity index (χ3n) is 2.48. The van der Waals surface area contributed by atoms with Gasteiger partial charge in [-0.2, -0.15) is 0 Å². The zero-order chi connectivity index (χ0) is 14.5. The summed E-state index contributed by atoms with van der Waals surface area (Å²) < 4.78 is 6.38. The SMILES string of the molecule is CCOC(=O)/C(Br)=C/c1cc(Br)c(-c2ccccc2)s1. The summed E-state index contributed by atoms with van der Waals surface area (Å²) in [5.41, 5.74) is 1.15. The zero-order valence-electron chi connectivity index (χ0n) is 10.7. The average molecular weight is 416 g/mol. The second-order valence-electron chi connectivity index (χ2n) is 3.90. The summed E-state index contributed by atoms with van der Waals surface area (Å²) in [7, 11) is 0. The molecule has 0 atom stereocenters. The summed E-state index contributed by atoms with van der Waals surface area (Å²) in [4.78, 5) is 13.7. The van der Waals surface area contributed by atoms with E-state index in [2.05, 4.69) is 44.0 Å². The Bertz CT molecular complexity index is 633. The number of hydrogen-bond donors (Lipinski definition) is 0. The average Bonchev–Trinajstić information content (AvgIpc) is 2.80. The van der Waals surface area contributed by atoms with Crippen molar-refractivity contribution in [2.24, 2.45) is 0 Å². The number of halogens is 2. The normalized spacial score (nSPS) is 11.4. The smallest absolute Gasteiger partial charge is 0.345 e. The molecule has 0 amide bonds. The number of esters is 1. The highest BCUT2D eigenvalue weighted by Gasteiger charge is 2.11. The predicted molar refractivity (Wildman–Crippen MR) is 91.0 cm³/mol. The molecule has 2 aromatic rings. The lowest BCUT2D eigenvalue weighted by atomic mass is 10.2. The highest BCUT2D eigenvalue weighted by molar-refractivity contribution is 9.12. The molecule has 5 heteroatoms. The van der Waals surface area contributed by atoms with Gasteiger partial charge in [-0.3, -0.25) is 0 Å². The van der Waals surface area contributed by atoms with E-state index in [0.717, 1.165) is 19.8 Å². The van der Waals surface area contributed by atoms with Crippen molar-refractivity contribution in [3.05, 3.63) is 50.2 Å². The standard InChI is InChI=1S/C15H12Br2O2S/c1-2-19-15(18)13(17)9-11-8-12(16)14(20-11)10-6-4-3-5-7-10/h3-9H,2H2,1H3/b13-9-. The minimum atomic E-state index is -0.349. The van der Waals surface area contributed by atoms with Gasteiger partial charge >= 0.3 is 5.97 Å². The molecule has 0 saturated carbocycles. The van der Waals surface area contributed by atoms with Crippen LogP contribution in [0.3, 0.4) is 0 Å². The number of ether oxygens (including phenoxy) is 1. The largest absolute Gasteiger partial charge is 0.462 e. The van der Waals surface area contributed by atoms with E-state index in [1.54, 1.807) is 24.3 Å². The van der Waals surface area contributed by atoms with E-state index in [0.29, 0.717) is 11.1 Å². The molecule has 0 aliphatic carbocycles. The fraction of sp³-hybridized carbons (Fsp3) is 0.133. The molecule has 0 fully saturated rings. The van der Waals surface area contributed by atoms with Crippen molar-refractivity contribution in [2.45, 2.75) is 6.92 Å². The molecule has 1 aromatic heterocycles. The molecule has 104 valence electrons. The Morgan fingerprint density at radius 3 is 2.70 bits per heavy atom. The molecule has 0 aliphatic rings. The fourth-order valence-corrected chi connectivity index (χ4v) is 4.01. The second kappa shape index (κ2) is 7.20. The lowest BCUT2D eigenvalue weighted by Crippen LogP contribution is -2.02. The number of thiophene rings is 1. The lowest BCUT2D eigenvalue weighted by molar-refractivity contribution is -0.137. The Kier molecular flexibility index (Phi) is 5.57. The third kappa shape index (κ3) is 3.81. The fourth-order valence-electron chi connectivity index (χ4n) is 1.63. The molecule has 20 heavy (non-hydrogen) atoms. The van der Waals surface area contributed by atoms with Crippen LogP contribution in [-0.4, -0.2) is 12.6 Å². The minimum Gasteiger partial charge on any atom is -0.462 e. The van der Waals surface area contributed by atoms with Crippen LogP contribution in [0.2, 0.25) is 0 Å². The summed E-state index contributed by atoms with van der Waals surface area (Å²) in [6, 6.07) is 12.1. The predicted octanol–water partition coefficient (Wildman–Crippen LogP) is 5.48. The Morgan fingerprint density at radius 1 is 1.35 bits per heavy atom. The molecule has 0 radical (unpaired) electrons. The molecule has 0 unspecified atom stereocenters. The molecule has 0 bridgehead atoms. The van der Waals surface area contributed by atoms with Gasteiger partial charge in [-0.15, -0.1) is 11.3 Å². The van der Waals surface area contributed by atoms with Crippen LogP contribution in [0.15, 0.2) is 45.4 Å². The molecule has 0 spiro atoms. The van der Waals surface area contributed by atoms with Gasteiger partial charge in [-0.25, -0.2) is 4.79 Å². The third-order valence-corrected chi connectivity index (χ3v) is 5.05. The van der Waals surface area contributed by atoms with E-state index in [1.807, 2.05) is 24.3 Å². The Morgan fingerprint density at radius 2 is 2.05 bits per heavy atom. The molecule has 0 N–H and O–H groups in total. The summed E-state index contributed by atoms with van der Waals surface area (Å²) in [6.45, 7) is 2.15. The first-order valence-corrected chi connectivity index (χ1v) is 8.41. The molecular weight excluding hydrogens is 404 g/mol. The van der Waals surface area contributed by atoms with E-state index in [1.165, 1.54) is 0 Å². The number of hydrogen-bond acceptors (Lipinski definition) is 3. The summed E-state index contributed by atoms with van der Waals surface area (Å²) in [5.74, 6) is -0.349. The van der Waals surface area contributed by atoms with E-state index < -0.39 is 0 Å². The maximum atomic E-state index is 11.6. The number of rotatable bonds is 4. The monoisotopic (exact) mass is 414 g/mol. The van der Waals surface area contributed by atoms with Crippen LogP contribution in [0.25, 0.3) is 16.5 Å². The van der Waals surface area contributed by atoms with E-state index in [9.17, 15) is 4.79 Å². The van der Waals surface area contributed by atoms with Crippen molar-refractivity contribution in [1.29, 1.82) is 0 Å². The van der Waals surface area contributed by atoms with Gasteiger partial charge in [0.05, 0.1) is 6.61 Å². The number of carbonyl (C=O) groups is 1. The van der Waals surface area contributed by atoms with E-state index >= 15 is 0 Å². The Balaban J connectivity index is 2.28. The highest BCUT2D eigenvalue weighted by atomic mass is 79.9. The van der Waals surface area contributed by atoms with Crippen molar-refractivity contribution < 1.29 is 9.53 Å². The first-order chi connectivity index (χ1) is 9.61. The van der Waals surface area contributed by atoms with Crippen molar-refractivity contribution >= 4 is 55.2 Å². The summed E-state index contributed by atoms with van der Waals surface area (Å²) in [5, 5.41) is 0. The second-order valence-corrected chi connectivity index (χ2v) is 6.70. The molecule has 1 aromatic carbocycles. The first kappa shape index (κ1) is 15.5. The van der Waals surface area contributed by atoms with Gasteiger partial charge in [0, 0.05) is 14.2 Å². The van der Waals surface area contributed by atoms with Crippen LogP contribution >= 0.6 is 43.2 Å². The Hall–Kier alpha value is -0.910. The van der Waals surface area contributed by atoms with Gasteiger partial charge in [0.2, 0.25) is 0 Å². The van der Waals surface area contributed by atoms with Crippen molar-refractivity contribution in [3.63, 3.8) is 0 Å². The van der Waals surface area contributed by atoms with Crippen LogP contribution < -0.4 is 0 Å². The molecule has 2 rings (SSSR count). The molecule has 0 aliphatic heterocycles. The zero-order valence-corrected chi connectivity index (χ0v) is 14.7. The molecular formula is C15H12Br2O2S. The molecule has 0 saturated heterocycles. The number of benzene rings is 1. The van der Waals surface area contributed by atoms with Gasteiger partial charge in [-0.05, 0) is 56.5 Å². The van der Waals surface area contributed by atoms with Gasteiger partial charge in [0.1, 0.15) is 4.48 Å². The van der Waals surface area contributed by atoms with Gasteiger partial charge in [0.15, 0.2) is 0 Å². The van der Waals surface area contributed by atoms with Crippen molar-refractivity contribution in [2.75, 3.05) is 6.61 Å². The van der Waals surface area contributed by atoms with Crippen LogP contribution in [0.5, 0.6) is 0 Å². The quantitative estimate of drug-likeness (QED) is 0.488. The summed E-state index contributed by atoms with van der Waals surface area (Å²) in [6.07, 6.45) is 1.78. The summed E-state index contributed by atoms with van der Waals surface area (Å²) >= 11 is 8.43. The first-order valence-electron chi connectivity index (χ1n) is 6.01. The Labute approximate surface area is 138 Å². The highest BCUT2D eigenvalue weighted by Crippen LogP contribution is 2.37. The van der Waals surface area contributed by atoms with Crippen molar-refractivity contribution in [1.82, 2.24) is 0 Å². The van der Waals surface area contributed by atoms with E-state index in [4.69, 9.17) is 4.74 Å². The topological polar surface area (TPSA) is 26.3 Å². The molecule has 2 nitrogen and oxygen atoms in total. The van der Waals surface area contributed by atoms with E-state index in [-0.39, 0.29) is 5.97 Å². The van der Waals surface area contributed by atoms with Crippen LogP contribution in [0.1, 0.15) is 11.8 Å². The van der Waals surface area contributed by atoms with Gasteiger partial charge in [0.25, 0.3) is 0 Å². The van der Waals surface area contributed by atoms with Gasteiger partial charge < -0.3 is 4.74 Å². The number of carbonyl (C=O) groups excluding carboxylic acids is 1. The molecule has 1 heterocycles. The van der Waals surface area contributed by atoms with Crippen molar-refractivity contribution in [3.8, 4) is 10.4 Å². The minimum absolute atomic E-state index is 0.349. The lowest BCUT2D eigenvalue weighted by Gasteiger charge is -1.98. The van der Waals surface area contributed by atoms with Crippen LogP contribution in [0.4, 0.5) is 0 Å². The van der Waals surface area contributed by atoms with Crippen LogP contribution in [-0.2, 0) is 9.53 Å².